The van der Waals surface area contributed by atoms with Crippen LogP contribution in [0.25, 0.3) is 0 Å². The highest BCUT2D eigenvalue weighted by Gasteiger charge is 2.31. The highest BCUT2D eigenvalue weighted by atomic mass is 35.5. The molecule has 0 aromatic heterocycles. The molecule has 1 heterocycles. The first kappa shape index (κ1) is 18.7. The maximum Gasteiger partial charge on any atom is 0.323 e. The Kier molecular flexibility index (Phi) is 5.78. The molecule has 0 bridgehead atoms. The molecule has 8 heteroatoms. The lowest BCUT2D eigenvalue weighted by molar-refractivity contribution is 0.214. The van der Waals surface area contributed by atoms with Crippen LogP contribution in [0.4, 0.5) is 14.9 Å². The van der Waals surface area contributed by atoms with E-state index >= 15 is 0 Å². The molecule has 2 aromatic rings. The number of hydrogen-bond acceptors (Lipinski definition) is 4. The number of halogens is 2. The van der Waals surface area contributed by atoms with Crippen molar-refractivity contribution in [2.24, 2.45) is 0 Å². The van der Waals surface area contributed by atoms with Crippen LogP contribution in [0, 0.1) is 5.82 Å². The SMILES string of the molecule is COc1ccc(C2SCCN2C(=O)Nc2ccc(F)c(Cl)c2)cc1OC. The summed E-state index contributed by atoms with van der Waals surface area (Å²) in [6.07, 6.45) is 0. The Labute approximate surface area is 160 Å². The molecule has 2 aromatic carbocycles. The number of carbonyl (C=O) groups excluding carboxylic acids is 1. The van der Waals surface area contributed by atoms with Crippen LogP contribution < -0.4 is 14.8 Å². The number of urea groups is 1. The van der Waals surface area contributed by atoms with E-state index < -0.39 is 5.82 Å². The summed E-state index contributed by atoms with van der Waals surface area (Å²) in [7, 11) is 3.15. The van der Waals surface area contributed by atoms with E-state index in [1.54, 1.807) is 30.9 Å². The zero-order valence-corrected chi connectivity index (χ0v) is 15.9. The van der Waals surface area contributed by atoms with Gasteiger partial charge in [-0.2, -0.15) is 0 Å². The zero-order valence-electron chi connectivity index (χ0n) is 14.3. The average molecular weight is 397 g/mol. The first-order valence-corrected chi connectivity index (χ1v) is 9.32. The van der Waals surface area contributed by atoms with E-state index in [4.69, 9.17) is 21.1 Å². The third-order valence-corrected chi connectivity index (χ3v) is 5.57. The quantitative estimate of drug-likeness (QED) is 0.808. The fourth-order valence-electron chi connectivity index (χ4n) is 2.73. The second-order valence-corrected chi connectivity index (χ2v) is 7.19. The first-order valence-electron chi connectivity index (χ1n) is 7.89. The number of benzene rings is 2. The molecule has 1 unspecified atom stereocenters. The molecule has 1 saturated heterocycles. The van der Waals surface area contributed by atoms with Crippen LogP contribution in [0.5, 0.6) is 11.5 Å². The van der Waals surface area contributed by atoms with Gasteiger partial charge in [0.2, 0.25) is 0 Å². The maximum absolute atomic E-state index is 13.3. The number of carbonyl (C=O) groups is 1. The predicted octanol–water partition coefficient (Wildman–Crippen LogP) is 4.78. The third kappa shape index (κ3) is 3.83. The van der Waals surface area contributed by atoms with Crippen LogP contribution in [-0.4, -0.2) is 37.4 Å². The number of methoxy groups -OCH3 is 2. The largest absolute Gasteiger partial charge is 0.493 e. The fraction of sp³-hybridized carbons (Fsp3) is 0.278. The van der Waals surface area contributed by atoms with Crippen LogP contribution >= 0.6 is 23.4 Å². The Morgan fingerprint density at radius 3 is 2.69 bits per heavy atom. The van der Waals surface area contributed by atoms with Gasteiger partial charge < -0.3 is 19.7 Å². The van der Waals surface area contributed by atoms with Crippen LogP contribution in [0.15, 0.2) is 36.4 Å². The monoisotopic (exact) mass is 396 g/mol. The highest BCUT2D eigenvalue weighted by molar-refractivity contribution is 7.99. The van der Waals surface area contributed by atoms with E-state index in [0.29, 0.717) is 23.7 Å². The first-order chi connectivity index (χ1) is 12.5. The smallest absolute Gasteiger partial charge is 0.323 e. The van der Waals surface area contributed by atoms with Crippen molar-refractivity contribution in [2.75, 3.05) is 31.8 Å². The van der Waals surface area contributed by atoms with E-state index in [0.717, 1.165) is 11.3 Å². The number of nitrogens with zero attached hydrogens (tertiary/aromatic N) is 1. The molecule has 0 spiro atoms. The standard InChI is InChI=1S/C18H18ClFN2O3S/c1-24-15-6-3-11(9-16(15)25-2)17-22(7-8-26-17)18(23)21-12-4-5-14(20)13(19)10-12/h3-6,9-10,17H,7-8H2,1-2H3,(H,21,23). The second kappa shape index (κ2) is 8.05. The molecular weight excluding hydrogens is 379 g/mol. The van der Waals surface area contributed by atoms with Gasteiger partial charge in [-0.15, -0.1) is 11.8 Å². The number of amides is 2. The molecular formula is C18H18ClFN2O3S. The molecule has 5 nitrogen and oxygen atoms in total. The number of ether oxygens (including phenoxy) is 2. The lowest BCUT2D eigenvalue weighted by Crippen LogP contribution is -2.34. The van der Waals surface area contributed by atoms with Crippen LogP contribution in [0.2, 0.25) is 5.02 Å². The molecule has 1 fully saturated rings. The molecule has 1 aliphatic rings. The average Bonchev–Trinajstić information content (AvgIpc) is 3.14. The van der Waals surface area contributed by atoms with Gasteiger partial charge in [0.25, 0.3) is 0 Å². The summed E-state index contributed by atoms with van der Waals surface area (Å²) < 4.78 is 23.9. The normalized spacial score (nSPS) is 16.5. The van der Waals surface area contributed by atoms with Gasteiger partial charge >= 0.3 is 6.03 Å². The molecule has 0 aliphatic carbocycles. The van der Waals surface area contributed by atoms with Crippen molar-refractivity contribution in [3.63, 3.8) is 0 Å². The number of thioether (sulfide) groups is 1. The minimum Gasteiger partial charge on any atom is -0.493 e. The Bertz CT molecular complexity index is 821. The van der Waals surface area contributed by atoms with Gasteiger partial charge in [0, 0.05) is 18.0 Å². The Balaban J connectivity index is 1.79. The van der Waals surface area contributed by atoms with Crippen LogP contribution in [0.3, 0.4) is 0 Å². The van der Waals surface area contributed by atoms with Gasteiger partial charge in [-0.3, -0.25) is 0 Å². The Morgan fingerprint density at radius 1 is 1.23 bits per heavy atom. The van der Waals surface area contributed by atoms with Crippen molar-refractivity contribution in [3.8, 4) is 11.5 Å². The van der Waals surface area contributed by atoms with Gasteiger partial charge in [-0.1, -0.05) is 17.7 Å². The molecule has 1 atom stereocenters. The molecule has 1 aliphatic heterocycles. The van der Waals surface area contributed by atoms with Gasteiger partial charge in [-0.05, 0) is 35.9 Å². The van der Waals surface area contributed by atoms with Gasteiger partial charge in [0.1, 0.15) is 11.2 Å². The van der Waals surface area contributed by atoms with Crippen LogP contribution in [-0.2, 0) is 0 Å². The minimum atomic E-state index is -0.524. The summed E-state index contributed by atoms with van der Waals surface area (Å²) >= 11 is 7.44. The van der Waals surface area contributed by atoms with E-state index in [1.165, 1.54) is 18.2 Å². The Morgan fingerprint density at radius 2 is 2.00 bits per heavy atom. The minimum absolute atomic E-state index is 0.0324. The van der Waals surface area contributed by atoms with E-state index in [2.05, 4.69) is 5.32 Å². The summed E-state index contributed by atoms with van der Waals surface area (Å²) in [4.78, 5) is 14.4. The van der Waals surface area contributed by atoms with Crippen molar-refractivity contribution < 1.29 is 18.7 Å². The number of anilines is 1. The fourth-order valence-corrected chi connectivity index (χ4v) is 4.16. The molecule has 0 radical (unpaired) electrons. The van der Waals surface area contributed by atoms with Crippen molar-refractivity contribution in [1.82, 2.24) is 4.90 Å². The molecule has 138 valence electrons. The summed E-state index contributed by atoms with van der Waals surface area (Å²) in [6, 6.07) is 9.44. The topological polar surface area (TPSA) is 50.8 Å². The summed E-state index contributed by atoms with van der Waals surface area (Å²) in [5.41, 5.74) is 1.39. The number of rotatable bonds is 4. The molecule has 3 rings (SSSR count). The van der Waals surface area contributed by atoms with E-state index in [-0.39, 0.29) is 16.4 Å². The van der Waals surface area contributed by atoms with Crippen molar-refractivity contribution in [1.29, 1.82) is 0 Å². The lowest BCUT2D eigenvalue weighted by atomic mass is 10.2. The molecule has 1 N–H and O–H groups in total. The Hall–Kier alpha value is -2.12. The number of nitrogens with one attached hydrogen (secondary N) is 1. The van der Waals surface area contributed by atoms with Crippen molar-refractivity contribution in [3.05, 3.63) is 52.8 Å². The molecule has 0 saturated carbocycles. The lowest BCUT2D eigenvalue weighted by Gasteiger charge is -2.25. The van der Waals surface area contributed by atoms with E-state index in [9.17, 15) is 9.18 Å². The van der Waals surface area contributed by atoms with Crippen LogP contribution in [0.1, 0.15) is 10.9 Å². The van der Waals surface area contributed by atoms with Gasteiger partial charge in [-0.25, -0.2) is 9.18 Å². The van der Waals surface area contributed by atoms with E-state index in [1.807, 2.05) is 18.2 Å². The summed E-state index contributed by atoms with van der Waals surface area (Å²) in [5, 5.41) is 2.59. The number of hydrogen-bond donors (Lipinski definition) is 1. The molecule has 26 heavy (non-hydrogen) atoms. The zero-order chi connectivity index (χ0) is 18.7. The summed E-state index contributed by atoms with van der Waals surface area (Å²) in [6.45, 7) is 0.602. The van der Waals surface area contributed by atoms with Crippen molar-refractivity contribution >= 4 is 35.1 Å². The highest BCUT2D eigenvalue weighted by Crippen LogP contribution is 2.41. The molecule has 2 amide bonds. The third-order valence-electron chi connectivity index (χ3n) is 4.02. The van der Waals surface area contributed by atoms with Gasteiger partial charge in [0.05, 0.1) is 19.2 Å². The van der Waals surface area contributed by atoms with Crippen molar-refractivity contribution in [2.45, 2.75) is 5.37 Å². The summed E-state index contributed by atoms with van der Waals surface area (Å²) in [5.74, 6) is 1.54. The predicted molar refractivity (Wildman–Crippen MR) is 102 cm³/mol. The second-order valence-electron chi connectivity index (χ2n) is 5.59. The van der Waals surface area contributed by atoms with Gasteiger partial charge in [0.15, 0.2) is 11.5 Å². The maximum atomic E-state index is 13.3.